The molecule has 0 amide bonds. The molecule has 0 radical (unpaired) electrons. The first-order chi connectivity index (χ1) is 10.5. The molecule has 5 heteroatoms. The Kier molecular flexibility index (Phi) is 8.25. The zero-order valence-electron chi connectivity index (χ0n) is 13.4. The van der Waals surface area contributed by atoms with Gasteiger partial charge in [0.1, 0.15) is 5.75 Å². The van der Waals surface area contributed by atoms with E-state index < -0.39 is 6.10 Å². The number of carbonyl (C=O) groups is 1. The van der Waals surface area contributed by atoms with E-state index in [4.69, 9.17) is 14.2 Å². The maximum atomic E-state index is 11.3. The summed E-state index contributed by atoms with van der Waals surface area (Å²) in [5.41, 5.74) is 1.77. The van der Waals surface area contributed by atoms with E-state index in [1.165, 1.54) is 6.08 Å². The molecule has 0 aliphatic rings. The Morgan fingerprint density at radius 3 is 2.59 bits per heavy atom. The molecule has 22 heavy (non-hydrogen) atoms. The molecule has 0 unspecified atom stereocenters. The normalized spacial score (nSPS) is 12.8. The fraction of sp³-hybridized carbons (Fsp3) is 0.471. The highest BCUT2D eigenvalue weighted by Gasteiger charge is 2.07. The molecule has 0 fully saturated rings. The molecule has 0 saturated carbocycles. The van der Waals surface area contributed by atoms with Crippen LogP contribution in [0.1, 0.15) is 25.8 Å². The standard InChI is InChI=1S/C17H24O5/c1-4-22-17(19)10-13(2)9-15(18)12-21-11-14-5-7-16(20-3)8-6-14/h5-8,10,15,18H,4,9,11-12H2,1-3H3/b13-10+/t15-/m1/s1. The number of benzene rings is 1. The molecule has 0 heterocycles. The summed E-state index contributed by atoms with van der Waals surface area (Å²) in [5, 5.41) is 9.88. The van der Waals surface area contributed by atoms with Crippen LogP contribution in [0.4, 0.5) is 0 Å². The minimum Gasteiger partial charge on any atom is -0.497 e. The highest BCUT2D eigenvalue weighted by atomic mass is 16.5. The van der Waals surface area contributed by atoms with Crippen LogP contribution in [-0.2, 0) is 20.9 Å². The predicted octanol–water partition coefficient (Wildman–Crippen LogP) is 2.47. The topological polar surface area (TPSA) is 65.0 Å². The van der Waals surface area contributed by atoms with Crippen molar-refractivity contribution in [3.05, 3.63) is 41.5 Å². The fourth-order valence-electron chi connectivity index (χ4n) is 1.91. The van der Waals surface area contributed by atoms with Gasteiger partial charge >= 0.3 is 5.97 Å². The molecular formula is C17H24O5. The van der Waals surface area contributed by atoms with Crippen molar-refractivity contribution in [2.45, 2.75) is 33.0 Å². The van der Waals surface area contributed by atoms with Gasteiger partial charge in [-0.05, 0) is 38.0 Å². The number of esters is 1. The smallest absolute Gasteiger partial charge is 0.330 e. The van der Waals surface area contributed by atoms with Crippen LogP contribution in [0, 0.1) is 0 Å². The van der Waals surface area contributed by atoms with Crippen molar-refractivity contribution in [2.24, 2.45) is 0 Å². The average Bonchev–Trinajstić information content (AvgIpc) is 2.47. The summed E-state index contributed by atoms with van der Waals surface area (Å²) in [6, 6.07) is 7.55. The van der Waals surface area contributed by atoms with Crippen LogP contribution in [0.15, 0.2) is 35.9 Å². The van der Waals surface area contributed by atoms with E-state index in [9.17, 15) is 9.90 Å². The summed E-state index contributed by atoms with van der Waals surface area (Å²) in [6.45, 7) is 4.50. The SMILES string of the molecule is CCOC(=O)/C=C(\C)C[C@@H](O)COCc1ccc(OC)cc1. The quantitative estimate of drug-likeness (QED) is 0.561. The molecule has 0 spiro atoms. The van der Waals surface area contributed by atoms with Crippen molar-refractivity contribution in [3.63, 3.8) is 0 Å². The Labute approximate surface area is 131 Å². The number of hydrogen-bond acceptors (Lipinski definition) is 5. The van der Waals surface area contributed by atoms with Crippen LogP contribution < -0.4 is 4.74 Å². The number of aliphatic hydroxyl groups excluding tert-OH is 1. The van der Waals surface area contributed by atoms with Crippen LogP contribution >= 0.6 is 0 Å². The minimum atomic E-state index is -0.649. The second kappa shape index (κ2) is 9.97. The van der Waals surface area contributed by atoms with Gasteiger partial charge in [0.15, 0.2) is 0 Å². The monoisotopic (exact) mass is 308 g/mol. The van der Waals surface area contributed by atoms with E-state index in [1.807, 2.05) is 24.3 Å². The van der Waals surface area contributed by atoms with Crippen LogP contribution in [-0.4, -0.2) is 37.5 Å². The first kappa shape index (κ1) is 18.2. The summed E-state index contributed by atoms with van der Waals surface area (Å²) in [4.78, 5) is 11.3. The molecule has 0 saturated heterocycles. The largest absolute Gasteiger partial charge is 0.497 e. The van der Waals surface area contributed by atoms with Crippen LogP contribution in [0.2, 0.25) is 0 Å². The van der Waals surface area contributed by atoms with Crippen molar-refractivity contribution < 1.29 is 24.1 Å². The van der Waals surface area contributed by atoms with Gasteiger partial charge in [-0.25, -0.2) is 4.79 Å². The van der Waals surface area contributed by atoms with Gasteiger partial charge in [0.05, 0.1) is 33.0 Å². The number of methoxy groups -OCH3 is 1. The summed E-state index contributed by atoms with van der Waals surface area (Å²) < 4.78 is 15.4. The Bertz CT molecular complexity index is 478. The molecule has 1 rings (SSSR count). The van der Waals surface area contributed by atoms with Crippen molar-refractivity contribution in [3.8, 4) is 5.75 Å². The third kappa shape index (κ3) is 7.24. The molecule has 1 aromatic rings. The zero-order valence-corrected chi connectivity index (χ0v) is 13.4. The molecule has 1 aromatic carbocycles. The lowest BCUT2D eigenvalue weighted by Crippen LogP contribution is -2.16. The highest BCUT2D eigenvalue weighted by molar-refractivity contribution is 5.82. The van der Waals surface area contributed by atoms with Gasteiger partial charge in [-0.15, -0.1) is 0 Å². The number of ether oxygens (including phenoxy) is 3. The molecular weight excluding hydrogens is 284 g/mol. The predicted molar refractivity (Wildman–Crippen MR) is 83.7 cm³/mol. The Balaban J connectivity index is 2.30. The maximum absolute atomic E-state index is 11.3. The molecule has 0 aliphatic heterocycles. The first-order valence-corrected chi connectivity index (χ1v) is 7.27. The Morgan fingerprint density at radius 1 is 1.32 bits per heavy atom. The van der Waals surface area contributed by atoms with E-state index in [0.29, 0.717) is 19.6 Å². The summed E-state index contributed by atoms with van der Waals surface area (Å²) in [5.74, 6) is 0.412. The average molecular weight is 308 g/mol. The summed E-state index contributed by atoms with van der Waals surface area (Å²) >= 11 is 0. The van der Waals surface area contributed by atoms with Gasteiger partial charge in [-0.3, -0.25) is 0 Å². The lowest BCUT2D eigenvalue weighted by atomic mass is 10.1. The van der Waals surface area contributed by atoms with E-state index in [0.717, 1.165) is 16.9 Å². The lowest BCUT2D eigenvalue weighted by Gasteiger charge is -2.12. The molecule has 122 valence electrons. The maximum Gasteiger partial charge on any atom is 0.330 e. The Morgan fingerprint density at radius 2 is 2.00 bits per heavy atom. The van der Waals surface area contributed by atoms with Crippen molar-refractivity contribution in [1.29, 1.82) is 0 Å². The van der Waals surface area contributed by atoms with Gasteiger partial charge in [-0.1, -0.05) is 17.7 Å². The molecule has 0 bridgehead atoms. The molecule has 0 aromatic heterocycles. The second-order valence-corrected chi connectivity index (χ2v) is 4.96. The highest BCUT2D eigenvalue weighted by Crippen LogP contribution is 2.12. The van der Waals surface area contributed by atoms with E-state index >= 15 is 0 Å². The van der Waals surface area contributed by atoms with E-state index in [-0.39, 0.29) is 12.6 Å². The molecule has 5 nitrogen and oxygen atoms in total. The van der Waals surface area contributed by atoms with Crippen molar-refractivity contribution in [1.82, 2.24) is 0 Å². The fourth-order valence-corrected chi connectivity index (χ4v) is 1.91. The zero-order chi connectivity index (χ0) is 16.4. The van der Waals surface area contributed by atoms with Crippen LogP contribution in [0.25, 0.3) is 0 Å². The van der Waals surface area contributed by atoms with Crippen molar-refractivity contribution >= 4 is 5.97 Å². The Hall–Kier alpha value is -1.85. The number of aliphatic hydroxyl groups is 1. The van der Waals surface area contributed by atoms with Gasteiger partial charge in [0.2, 0.25) is 0 Å². The third-order valence-corrected chi connectivity index (χ3v) is 2.95. The molecule has 1 N–H and O–H groups in total. The van der Waals surface area contributed by atoms with Crippen LogP contribution in [0.5, 0.6) is 5.75 Å². The van der Waals surface area contributed by atoms with E-state index in [2.05, 4.69) is 0 Å². The molecule has 0 aliphatic carbocycles. The van der Waals surface area contributed by atoms with Gasteiger partial charge in [0.25, 0.3) is 0 Å². The molecule has 1 atom stereocenters. The number of rotatable bonds is 9. The van der Waals surface area contributed by atoms with Crippen molar-refractivity contribution in [2.75, 3.05) is 20.3 Å². The van der Waals surface area contributed by atoms with E-state index in [1.54, 1.807) is 21.0 Å². The number of hydrogen-bond donors (Lipinski definition) is 1. The lowest BCUT2D eigenvalue weighted by molar-refractivity contribution is -0.137. The second-order valence-electron chi connectivity index (χ2n) is 4.96. The van der Waals surface area contributed by atoms with Gasteiger partial charge in [0, 0.05) is 6.08 Å². The van der Waals surface area contributed by atoms with Crippen LogP contribution in [0.3, 0.4) is 0 Å². The first-order valence-electron chi connectivity index (χ1n) is 7.27. The van der Waals surface area contributed by atoms with Gasteiger partial charge in [-0.2, -0.15) is 0 Å². The summed E-state index contributed by atoms with van der Waals surface area (Å²) in [7, 11) is 1.62. The number of carbonyl (C=O) groups excluding carboxylic acids is 1. The van der Waals surface area contributed by atoms with Gasteiger partial charge < -0.3 is 19.3 Å². The minimum absolute atomic E-state index is 0.208. The third-order valence-electron chi connectivity index (χ3n) is 2.95. The summed E-state index contributed by atoms with van der Waals surface area (Å²) in [6.07, 6.45) is 1.13.